The average Bonchev–Trinajstić information content (AvgIpc) is 2.68. The SMILES string of the molecule is CCOC(=O)c1ccc(NC(=O)C(=Cc2ccc([N+](=O)[O-])cc2)NC(C)=O)cc1. The number of benzene rings is 2. The molecule has 0 aromatic heterocycles. The minimum absolute atomic E-state index is 0.0409. The zero-order valence-corrected chi connectivity index (χ0v) is 15.8. The van der Waals surface area contributed by atoms with Gasteiger partial charge in [-0.1, -0.05) is 0 Å². The first kappa shape index (κ1) is 21.3. The monoisotopic (exact) mass is 397 g/mol. The van der Waals surface area contributed by atoms with E-state index in [1.165, 1.54) is 61.5 Å². The molecule has 0 aliphatic heterocycles. The van der Waals surface area contributed by atoms with Gasteiger partial charge in [0, 0.05) is 24.7 Å². The normalized spacial score (nSPS) is 10.8. The van der Waals surface area contributed by atoms with Crippen LogP contribution in [-0.4, -0.2) is 29.3 Å². The maximum atomic E-state index is 12.6. The Morgan fingerprint density at radius 3 is 2.21 bits per heavy atom. The molecule has 2 N–H and O–H groups in total. The van der Waals surface area contributed by atoms with Gasteiger partial charge < -0.3 is 15.4 Å². The Bertz CT molecular complexity index is 949. The maximum Gasteiger partial charge on any atom is 0.338 e. The van der Waals surface area contributed by atoms with E-state index in [1.54, 1.807) is 6.92 Å². The van der Waals surface area contributed by atoms with Crippen LogP contribution in [0.5, 0.6) is 0 Å². The Morgan fingerprint density at radius 2 is 1.69 bits per heavy atom. The molecule has 29 heavy (non-hydrogen) atoms. The van der Waals surface area contributed by atoms with Crippen LogP contribution in [0.15, 0.2) is 54.2 Å². The fraction of sp³-hybridized carbons (Fsp3) is 0.150. The average molecular weight is 397 g/mol. The minimum Gasteiger partial charge on any atom is -0.462 e. The number of anilines is 1. The van der Waals surface area contributed by atoms with Crippen LogP contribution in [0.2, 0.25) is 0 Å². The van der Waals surface area contributed by atoms with Crippen molar-refractivity contribution in [1.29, 1.82) is 0 Å². The van der Waals surface area contributed by atoms with Gasteiger partial charge in [-0.3, -0.25) is 19.7 Å². The summed E-state index contributed by atoms with van der Waals surface area (Å²) >= 11 is 0. The summed E-state index contributed by atoms with van der Waals surface area (Å²) in [6, 6.07) is 11.6. The highest BCUT2D eigenvalue weighted by Crippen LogP contribution is 2.16. The molecule has 2 aromatic carbocycles. The van der Waals surface area contributed by atoms with Crippen LogP contribution in [0, 0.1) is 10.1 Å². The smallest absolute Gasteiger partial charge is 0.338 e. The summed E-state index contributed by atoms with van der Waals surface area (Å²) in [5, 5.41) is 15.8. The number of hydrogen-bond acceptors (Lipinski definition) is 6. The molecule has 0 saturated heterocycles. The third kappa shape index (κ3) is 6.28. The van der Waals surface area contributed by atoms with Gasteiger partial charge in [-0.15, -0.1) is 0 Å². The number of hydrogen-bond donors (Lipinski definition) is 2. The second-order valence-electron chi connectivity index (χ2n) is 5.84. The van der Waals surface area contributed by atoms with Gasteiger partial charge in [0.2, 0.25) is 5.91 Å². The quantitative estimate of drug-likeness (QED) is 0.320. The predicted octanol–water partition coefficient (Wildman–Crippen LogP) is 2.89. The van der Waals surface area contributed by atoms with Crippen molar-refractivity contribution in [3.63, 3.8) is 0 Å². The summed E-state index contributed by atoms with van der Waals surface area (Å²) in [5.41, 5.74) is 1.11. The van der Waals surface area contributed by atoms with Crippen molar-refractivity contribution in [2.24, 2.45) is 0 Å². The third-order valence-corrected chi connectivity index (χ3v) is 3.62. The number of esters is 1. The van der Waals surface area contributed by atoms with Gasteiger partial charge in [0.1, 0.15) is 5.70 Å². The van der Waals surface area contributed by atoms with Crippen molar-refractivity contribution in [2.75, 3.05) is 11.9 Å². The van der Waals surface area contributed by atoms with Crippen molar-refractivity contribution in [2.45, 2.75) is 13.8 Å². The number of nitrogens with one attached hydrogen (secondary N) is 2. The number of amides is 2. The van der Waals surface area contributed by atoms with Crippen molar-refractivity contribution < 1.29 is 24.0 Å². The lowest BCUT2D eigenvalue weighted by atomic mass is 10.1. The molecule has 0 saturated carbocycles. The number of non-ortho nitro benzene ring substituents is 1. The Morgan fingerprint density at radius 1 is 1.07 bits per heavy atom. The van der Waals surface area contributed by atoms with E-state index in [9.17, 15) is 24.5 Å². The number of ether oxygens (including phenoxy) is 1. The molecule has 2 rings (SSSR count). The summed E-state index contributed by atoms with van der Waals surface area (Å²) in [5.74, 6) is -1.52. The van der Waals surface area contributed by atoms with Crippen molar-refractivity contribution in [3.05, 3.63) is 75.5 Å². The number of nitro groups is 1. The van der Waals surface area contributed by atoms with E-state index in [0.717, 1.165) is 0 Å². The van der Waals surface area contributed by atoms with Gasteiger partial charge in [0.05, 0.1) is 17.1 Å². The van der Waals surface area contributed by atoms with E-state index >= 15 is 0 Å². The van der Waals surface area contributed by atoms with Gasteiger partial charge in [0.25, 0.3) is 11.6 Å². The minimum atomic E-state index is -0.595. The molecule has 0 heterocycles. The van der Waals surface area contributed by atoms with Gasteiger partial charge in [0.15, 0.2) is 0 Å². The summed E-state index contributed by atoms with van der Waals surface area (Å²) in [6.07, 6.45) is 1.40. The number of carbonyl (C=O) groups excluding carboxylic acids is 3. The molecule has 9 nitrogen and oxygen atoms in total. The number of nitro benzene ring substituents is 1. The second-order valence-corrected chi connectivity index (χ2v) is 5.84. The molecule has 0 aliphatic rings. The largest absolute Gasteiger partial charge is 0.462 e. The number of nitrogens with zero attached hydrogens (tertiary/aromatic N) is 1. The van der Waals surface area contributed by atoms with Gasteiger partial charge in [-0.25, -0.2) is 4.79 Å². The van der Waals surface area contributed by atoms with Crippen LogP contribution in [0.4, 0.5) is 11.4 Å². The Kier molecular flexibility index (Phi) is 7.19. The first-order valence-corrected chi connectivity index (χ1v) is 8.62. The van der Waals surface area contributed by atoms with E-state index in [-0.39, 0.29) is 18.0 Å². The van der Waals surface area contributed by atoms with E-state index in [0.29, 0.717) is 16.8 Å². The molecule has 0 atom stereocenters. The van der Waals surface area contributed by atoms with Crippen LogP contribution in [-0.2, 0) is 14.3 Å². The summed E-state index contributed by atoms with van der Waals surface area (Å²) in [7, 11) is 0. The van der Waals surface area contributed by atoms with Crippen molar-refractivity contribution in [1.82, 2.24) is 5.32 Å². The van der Waals surface area contributed by atoms with E-state index in [2.05, 4.69) is 10.6 Å². The molecular weight excluding hydrogens is 378 g/mol. The van der Waals surface area contributed by atoms with Gasteiger partial charge in [-0.05, 0) is 55.0 Å². The zero-order valence-electron chi connectivity index (χ0n) is 15.8. The molecule has 0 fully saturated rings. The highest BCUT2D eigenvalue weighted by Gasteiger charge is 2.13. The van der Waals surface area contributed by atoms with Gasteiger partial charge >= 0.3 is 5.97 Å². The molecule has 0 spiro atoms. The van der Waals surface area contributed by atoms with Gasteiger partial charge in [-0.2, -0.15) is 0 Å². The lowest BCUT2D eigenvalue weighted by Gasteiger charge is -2.10. The topological polar surface area (TPSA) is 128 Å². The summed E-state index contributed by atoms with van der Waals surface area (Å²) < 4.78 is 4.90. The Balaban J connectivity index is 2.19. The standard InChI is InChI=1S/C20H19N3O6/c1-3-29-20(26)15-6-8-16(9-7-15)22-19(25)18(21-13(2)24)12-14-4-10-17(11-5-14)23(27)28/h4-12H,3H2,1-2H3,(H,21,24)(H,22,25). The number of rotatable bonds is 7. The highest BCUT2D eigenvalue weighted by atomic mass is 16.6. The highest BCUT2D eigenvalue weighted by molar-refractivity contribution is 6.08. The fourth-order valence-electron chi connectivity index (χ4n) is 2.31. The predicted molar refractivity (Wildman–Crippen MR) is 106 cm³/mol. The Hall–Kier alpha value is -4.01. The second kappa shape index (κ2) is 9.79. The van der Waals surface area contributed by atoms with E-state index < -0.39 is 22.7 Å². The molecule has 2 aromatic rings. The Labute approximate surface area is 166 Å². The fourth-order valence-corrected chi connectivity index (χ4v) is 2.31. The first-order chi connectivity index (χ1) is 13.8. The third-order valence-electron chi connectivity index (χ3n) is 3.62. The molecule has 150 valence electrons. The molecule has 0 bridgehead atoms. The zero-order chi connectivity index (χ0) is 21.4. The molecular formula is C20H19N3O6. The molecule has 2 amide bonds. The molecule has 0 unspecified atom stereocenters. The molecule has 0 aliphatic carbocycles. The van der Waals surface area contributed by atoms with E-state index in [1.807, 2.05) is 0 Å². The lowest BCUT2D eigenvalue weighted by molar-refractivity contribution is -0.384. The van der Waals surface area contributed by atoms with Crippen LogP contribution in [0.25, 0.3) is 6.08 Å². The maximum absolute atomic E-state index is 12.6. The molecule has 0 radical (unpaired) electrons. The van der Waals surface area contributed by atoms with Crippen molar-refractivity contribution >= 4 is 35.2 Å². The lowest BCUT2D eigenvalue weighted by Crippen LogP contribution is -2.28. The summed E-state index contributed by atoms with van der Waals surface area (Å²) in [6.45, 7) is 3.21. The van der Waals surface area contributed by atoms with Crippen LogP contribution < -0.4 is 10.6 Å². The van der Waals surface area contributed by atoms with Crippen LogP contribution >= 0.6 is 0 Å². The van der Waals surface area contributed by atoms with Crippen LogP contribution in [0.1, 0.15) is 29.8 Å². The van der Waals surface area contributed by atoms with Crippen LogP contribution in [0.3, 0.4) is 0 Å². The summed E-state index contributed by atoms with van der Waals surface area (Å²) in [4.78, 5) is 45.9. The first-order valence-electron chi connectivity index (χ1n) is 8.62. The number of carbonyl (C=O) groups is 3. The van der Waals surface area contributed by atoms with Crippen molar-refractivity contribution in [3.8, 4) is 0 Å². The van der Waals surface area contributed by atoms with E-state index in [4.69, 9.17) is 4.74 Å². The molecule has 9 heteroatoms.